The van der Waals surface area contributed by atoms with Gasteiger partial charge in [0.1, 0.15) is 0 Å². The van der Waals surface area contributed by atoms with E-state index in [4.69, 9.17) is 0 Å². The van der Waals surface area contributed by atoms with Gasteiger partial charge in [-0.3, -0.25) is 12.2 Å². The monoisotopic (exact) mass is 333 g/mol. The summed E-state index contributed by atoms with van der Waals surface area (Å²) in [5.74, 6) is 0. The second-order valence-electron chi connectivity index (χ2n) is 2.99. The van der Waals surface area contributed by atoms with E-state index in [1.54, 1.807) is 0 Å². The van der Waals surface area contributed by atoms with Gasteiger partial charge >= 0.3 is 28.4 Å². The van der Waals surface area contributed by atoms with E-state index in [1.165, 1.54) is 35.4 Å². The zero-order valence-corrected chi connectivity index (χ0v) is 13.7. The molecule has 0 heterocycles. The summed E-state index contributed by atoms with van der Waals surface area (Å²) < 4.78 is 3.34. The average Bonchev–Trinajstić information content (AvgIpc) is 2.86. The molecule has 0 aliphatic heterocycles. The minimum atomic E-state index is 0. The van der Waals surface area contributed by atoms with Crippen LogP contribution in [-0.4, -0.2) is 4.21 Å². The number of rotatable bonds is 0. The van der Waals surface area contributed by atoms with Crippen LogP contribution in [-0.2, 0) is 24.2 Å². The summed E-state index contributed by atoms with van der Waals surface area (Å²) in [6, 6.07) is 0. The Hall–Kier alpha value is 0.293. The Morgan fingerprint density at radius 1 is 1.25 bits per heavy atom. The second-order valence-corrected chi connectivity index (χ2v) is 2.99. The van der Waals surface area contributed by atoms with Crippen LogP contribution in [0.3, 0.4) is 0 Å². The first kappa shape index (κ1) is 21.6. The molecule has 0 nitrogen and oxygen atoms in total. The Morgan fingerprint density at radius 3 is 2.00 bits per heavy atom. The summed E-state index contributed by atoms with van der Waals surface area (Å²) in [5, 5.41) is 0. The van der Waals surface area contributed by atoms with Crippen molar-refractivity contribution in [1.82, 2.24) is 0 Å². The quantitative estimate of drug-likeness (QED) is 0.429. The van der Waals surface area contributed by atoms with Crippen molar-refractivity contribution in [3.63, 3.8) is 0 Å². The van der Waals surface area contributed by atoms with Gasteiger partial charge in [0.15, 0.2) is 0 Å². The maximum Gasteiger partial charge on any atom is -1.00 e. The molecule has 0 aromatic carbocycles. The van der Waals surface area contributed by atoms with Crippen LogP contribution in [0.1, 0.15) is 28.1 Å². The fourth-order valence-corrected chi connectivity index (χ4v) is 0.960. The third-order valence-corrected chi connectivity index (χ3v) is 1.94. The molecule has 2 aliphatic carbocycles. The molecule has 2 rings (SSSR count). The molecule has 0 aromatic rings. The van der Waals surface area contributed by atoms with Gasteiger partial charge in [-0.25, -0.2) is 23.8 Å². The number of allylic oxidation sites excluding steroid dienone is 8. The molecular weight excluding hydrogens is 318 g/mol. The Bertz CT molecular complexity index is 271. The Morgan fingerprint density at radius 2 is 1.88 bits per heavy atom. The smallest absolute Gasteiger partial charge is 1.00 e. The number of halogens is 2. The first-order valence-corrected chi connectivity index (χ1v) is 6.34. The maximum atomic E-state index is 3.34. The fraction of sp³-hybridized carbons (Fsp3) is 0.308. The molecule has 16 heavy (non-hydrogen) atoms. The summed E-state index contributed by atoms with van der Waals surface area (Å²) in [4.78, 5) is 0. The van der Waals surface area contributed by atoms with Gasteiger partial charge in [-0.15, -0.1) is 19.8 Å². The van der Waals surface area contributed by atoms with Crippen LogP contribution < -0.4 is 24.8 Å². The molecule has 0 amide bonds. The van der Waals surface area contributed by atoms with E-state index in [-0.39, 0.29) is 26.2 Å². The Kier molecular flexibility index (Phi) is 20.6. The van der Waals surface area contributed by atoms with Gasteiger partial charge in [0.2, 0.25) is 0 Å². The van der Waals surface area contributed by atoms with Crippen molar-refractivity contribution in [3.05, 3.63) is 47.6 Å². The minimum Gasteiger partial charge on any atom is -1.00 e. The van der Waals surface area contributed by atoms with Crippen LogP contribution in [0, 0.1) is 12.2 Å². The molecule has 0 saturated carbocycles. The van der Waals surface area contributed by atoms with E-state index in [9.17, 15) is 0 Å². The molecule has 3 heteroatoms. The third-order valence-electron chi connectivity index (χ3n) is 1.94. The molecule has 0 saturated heterocycles. The van der Waals surface area contributed by atoms with Gasteiger partial charge in [0.05, 0.1) is 0 Å². The van der Waals surface area contributed by atoms with E-state index in [2.05, 4.69) is 42.4 Å². The predicted octanol–water partition coefficient (Wildman–Crippen LogP) is -2.52. The average molecular weight is 335 g/mol. The van der Waals surface area contributed by atoms with Gasteiger partial charge in [-0.2, -0.15) is 11.6 Å². The van der Waals surface area contributed by atoms with E-state index in [1.807, 2.05) is 12.2 Å². The predicted molar refractivity (Wildman–Crippen MR) is 60.6 cm³/mol. The van der Waals surface area contributed by atoms with Crippen molar-refractivity contribution in [2.24, 2.45) is 0 Å². The molecule has 0 N–H and O–H groups in total. The van der Waals surface area contributed by atoms with Gasteiger partial charge in [-0.05, 0) is 0 Å². The van der Waals surface area contributed by atoms with Crippen LogP contribution in [0.25, 0.3) is 0 Å². The van der Waals surface area contributed by atoms with E-state index >= 15 is 0 Å². The fourth-order valence-electron chi connectivity index (χ4n) is 0.960. The zero-order valence-electron chi connectivity index (χ0n) is 10.7. The van der Waals surface area contributed by atoms with Gasteiger partial charge in [0.25, 0.3) is 0 Å². The molecule has 0 unspecified atom stereocenters. The molecule has 0 spiro atoms. The zero-order chi connectivity index (χ0) is 10.8. The van der Waals surface area contributed by atoms with Crippen LogP contribution in [0.5, 0.6) is 0 Å². The van der Waals surface area contributed by atoms with Crippen LogP contribution in [0.2, 0.25) is 0 Å². The minimum absolute atomic E-state index is 0. The number of hydrogen-bond donors (Lipinski definition) is 0. The Balaban J connectivity index is -0.0000000769. The normalized spacial score (nSPS) is 14.1. The summed E-state index contributed by atoms with van der Waals surface area (Å²) in [6.07, 6.45) is 16.2. The van der Waals surface area contributed by atoms with Crippen LogP contribution >= 0.6 is 0 Å². The van der Waals surface area contributed by atoms with Crippen molar-refractivity contribution < 1.29 is 50.5 Å². The van der Waals surface area contributed by atoms with Gasteiger partial charge < -0.3 is 26.2 Å². The number of hydrogen-bond acceptors (Lipinski definition) is 0. The summed E-state index contributed by atoms with van der Waals surface area (Å²) in [6.45, 7) is 4.27. The van der Waals surface area contributed by atoms with Crippen molar-refractivity contribution >= 4 is 4.21 Å². The first-order chi connectivity index (χ1) is 6.80. The molecule has 0 atom stereocenters. The van der Waals surface area contributed by atoms with Crippen LogP contribution in [0.4, 0.5) is 0 Å². The molecule has 0 radical (unpaired) electrons. The summed E-state index contributed by atoms with van der Waals surface area (Å²) in [7, 11) is 0. The van der Waals surface area contributed by atoms with E-state index < -0.39 is 0 Å². The van der Waals surface area contributed by atoms with Crippen molar-refractivity contribution in [2.45, 2.75) is 26.7 Å². The standard InChI is InChI=1S/C7H9.C5H5.CH2.2ClH.Zr.H/c1-6-4-3-5-7(6)2;1-2-4-5-3-1;;;;;/h4H,5H2,1-2H3;1-3H,4H2;1H2;2*1H;;/q2*-1;;;;;-1/p-2. The molecule has 0 aromatic heterocycles. The SMILES string of the molecule is CC1=C(C)C[C-]=C1.[C-]1=CC=CC1.[CH2]=[Zr].[Cl-].[Cl-].[H-]. The third kappa shape index (κ3) is 10.8. The van der Waals surface area contributed by atoms with Crippen molar-refractivity contribution in [1.29, 1.82) is 0 Å². The summed E-state index contributed by atoms with van der Waals surface area (Å²) in [5.41, 5.74) is 2.85. The van der Waals surface area contributed by atoms with E-state index in [0.717, 1.165) is 12.8 Å². The Labute approximate surface area is 128 Å². The largest absolute Gasteiger partial charge is 1.00 e. The van der Waals surface area contributed by atoms with Gasteiger partial charge in [-0.1, -0.05) is 6.92 Å². The summed E-state index contributed by atoms with van der Waals surface area (Å²) >= 11 is 1.30. The van der Waals surface area contributed by atoms with Gasteiger partial charge in [0, 0.05) is 0 Å². The van der Waals surface area contributed by atoms with E-state index in [0.29, 0.717) is 0 Å². The molecule has 0 fully saturated rings. The van der Waals surface area contributed by atoms with Crippen LogP contribution in [0.15, 0.2) is 35.5 Å². The molecule has 92 valence electrons. The van der Waals surface area contributed by atoms with Crippen molar-refractivity contribution in [2.75, 3.05) is 0 Å². The molecule has 2 aliphatic rings. The molecule has 0 bridgehead atoms. The topological polar surface area (TPSA) is 0 Å². The van der Waals surface area contributed by atoms with Crippen molar-refractivity contribution in [3.8, 4) is 0 Å². The second kappa shape index (κ2) is 15.3. The molecular formula is C13H17Cl2Zr-5. The first-order valence-electron chi connectivity index (χ1n) is 4.61. The maximum absolute atomic E-state index is 3.34.